The van der Waals surface area contributed by atoms with Crippen molar-refractivity contribution in [3.63, 3.8) is 0 Å². The number of nitrogens with zero attached hydrogens (tertiary/aromatic N) is 6. The summed E-state index contributed by atoms with van der Waals surface area (Å²) in [6.07, 6.45) is 0. The molecule has 21 rings (SSSR count). The van der Waals surface area contributed by atoms with E-state index >= 15 is 0 Å². The van der Waals surface area contributed by atoms with E-state index in [1.165, 1.54) is 100 Å². The minimum Gasteiger partial charge on any atom is -0.208 e. The predicted octanol–water partition coefficient (Wildman–Crippen LogP) is 26.4. The Morgan fingerprint density at radius 2 is 0.321 bits per heavy atom. The second-order valence-electron chi connectivity index (χ2n) is 29.6. The summed E-state index contributed by atoms with van der Waals surface area (Å²) >= 11 is 0. The molecular weight excluding hydrogens is 1360 g/mol. The third-order valence-electron chi connectivity index (χ3n) is 22.8. The maximum atomic E-state index is 5.04. The molecule has 2 aromatic heterocycles. The van der Waals surface area contributed by atoms with E-state index in [4.69, 9.17) is 29.9 Å². The molecule has 0 saturated heterocycles. The van der Waals surface area contributed by atoms with E-state index in [0.29, 0.717) is 34.9 Å². The van der Waals surface area contributed by atoms with Crippen molar-refractivity contribution in [2.24, 2.45) is 0 Å². The number of rotatable bonds is 12. The van der Waals surface area contributed by atoms with Gasteiger partial charge in [0.05, 0.1) is 5.41 Å². The lowest BCUT2D eigenvalue weighted by Crippen LogP contribution is -2.25. The van der Waals surface area contributed by atoms with Gasteiger partial charge in [-0.3, -0.25) is 0 Å². The van der Waals surface area contributed by atoms with Gasteiger partial charge in [-0.1, -0.05) is 402 Å². The summed E-state index contributed by atoms with van der Waals surface area (Å²) in [5.41, 5.74) is 35.6. The predicted molar refractivity (Wildman–Crippen MR) is 459 cm³/mol. The van der Waals surface area contributed by atoms with Crippen LogP contribution in [-0.4, -0.2) is 29.9 Å². The Hall–Kier alpha value is -14.5. The minimum absolute atomic E-state index is 0.0241. The second-order valence-corrected chi connectivity index (χ2v) is 29.6. The Kier molecular flexibility index (Phi) is 16.7. The van der Waals surface area contributed by atoms with Crippen LogP contribution in [-0.2, 0) is 10.8 Å². The van der Waals surface area contributed by atoms with Gasteiger partial charge in [0.15, 0.2) is 34.9 Å². The summed E-state index contributed by atoms with van der Waals surface area (Å²) < 4.78 is 0. The van der Waals surface area contributed by atoms with Crippen LogP contribution in [0.1, 0.15) is 47.2 Å². The monoisotopic (exact) mass is 1430 g/mol. The highest BCUT2D eigenvalue weighted by molar-refractivity contribution is 5.96. The van der Waals surface area contributed by atoms with Gasteiger partial charge in [0.25, 0.3) is 0 Å². The molecule has 0 radical (unpaired) electrons. The zero-order chi connectivity index (χ0) is 74.7. The Labute approximate surface area is 652 Å². The number of aromatic nitrogens is 6. The van der Waals surface area contributed by atoms with Gasteiger partial charge in [-0.2, -0.15) is 0 Å². The van der Waals surface area contributed by atoms with Crippen LogP contribution < -0.4 is 0 Å². The van der Waals surface area contributed by atoms with Crippen molar-refractivity contribution in [1.29, 1.82) is 0 Å². The number of hydrogen-bond donors (Lipinski definition) is 0. The molecule has 0 fully saturated rings. The zero-order valence-corrected chi connectivity index (χ0v) is 61.8. The fraction of sp³-hybridized carbons (Fsp3) is 0.0377. The molecule has 6 nitrogen and oxygen atoms in total. The van der Waals surface area contributed by atoms with Gasteiger partial charge in [-0.25, -0.2) is 29.9 Å². The van der Waals surface area contributed by atoms with Gasteiger partial charge in [-0.15, -0.1) is 0 Å². The molecule has 0 unspecified atom stereocenters. The Morgan fingerprint density at radius 1 is 0.143 bits per heavy atom. The van der Waals surface area contributed by atoms with Gasteiger partial charge in [0.1, 0.15) is 0 Å². The van der Waals surface area contributed by atoms with E-state index in [0.717, 1.165) is 66.8 Å². The van der Waals surface area contributed by atoms with Gasteiger partial charge >= 0.3 is 0 Å². The van der Waals surface area contributed by atoms with Crippen LogP contribution in [0.3, 0.4) is 0 Å². The van der Waals surface area contributed by atoms with Crippen molar-refractivity contribution in [3.05, 3.63) is 434 Å². The fourth-order valence-corrected chi connectivity index (χ4v) is 17.1. The first-order valence-corrected chi connectivity index (χ1v) is 38.3. The molecule has 0 bridgehead atoms. The third kappa shape index (κ3) is 11.9. The van der Waals surface area contributed by atoms with Crippen molar-refractivity contribution in [3.8, 4) is 168 Å². The maximum Gasteiger partial charge on any atom is 0.164 e. The SMILES string of the molecule is CC1(C)c2ccccc2-c2ccc(-c3ccc(-c4ccc(-c5nc(-c6ccc(-c7ccccc7)cc6)nc(-c6ccc(-c7ccccc7)cc6)n5)cc4)cc3)cc21.c1ccc(-c2nc(-c3ccccc3)nc(-c3ccc(-c4ccc(-c5ccc6c(c5)C5(c7ccccc7-c7ccccc75)c5ccccc5-6)cc4)cc3)n2)cc1. The topological polar surface area (TPSA) is 77.3 Å². The first-order valence-electron chi connectivity index (χ1n) is 38.3. The summed E-state index contributed by atoms with van der Waals surface area (Å²) in [5.74, 6) is 3.88. The molecule has 112 heavy (non-hydrogen) atoms. The maximum absolute atomic E-state index is 5.04. The third-order valence-corrected chi connectivity index (χ3v) is 22.8. The molecule has 0 atom stereocenters. The molecule has 16 aromatic carbocycles. The molecule has 2 heterocycles. The van der Waals surface area contributed by atoms with Crippen LogP contribution in [0.15, 0.2) is 400 Å². The van der Waals surface area contributed by atoms with Gasteiger partial charge in [-0.05, 0) is 146 Å². The van der Waals surface area contributed by atoms with E-state index in [9.17, 15) is 0 Å². The Balaban J connectivity index is 0.000000146. The normalized spacial score (nSPS) is 12.7. The highest BCUT2D eigenvalue weighted by Crippen LogP contribution is 2.63. The van der Waals surface area contributed by atoms with Crippen molar-refractivity contribution >= 4 is 0 Å². The van der Waals surface area contributed by atoms with Crippen LogP contribution in [0.2, 0.25) is 0 Å². The Morgan fingerprint density at radius 3 is 0.616 bits per heavy atom. The number of benzene rings is 16. The molecule has 3 aliphatic carbocycles. The van der Waals surface area contributed by atoms with Crippen LogP contribution in [0.25, 0.3) is 168 Å². The van der Waals surface area contributed by atoms with E-state index < -0.39 is 0 Å². The molecule has 0 aliphatic heterocycles. The highest BCUT2D eigenvalue weighted by atomic mass is 15.0. The highest BCUT2D eigenvalue weighted by Gasteiger charge is 2.51. The summed E-state index contributed by atoms with van der Waals surface area (Å²) in [5, 5.41) is 0. The standard InChI is InChI=1S/C54H39N3.C52H33N3/c1-54(2)49-16-10-9-15-47(49)48-34-33-46(35-50(48)54)42-19-17-40(18-20-42)41-25-31-45(32-26-41)53-56-51(43-27-21-38(22-28-43)36-11-5-3-6-12-36)55-52(57-53)44-29-23-39(24-30-44)37-13-7-4-8-14-37;1-3-13-37(14-4-1)49-53-50(38-15-5-2-6-16-38)55-51(54-49)39-29-27-35(28-30-39)34-23-25-36(26-24-34)40-31-32-44-43-19-9-12-22-47(43)52(48(44)33-40)45-20-10-7-17-41(45)42-18-8-11-21-46(42)52/h3-35H,1-2H3;1-33H. The zero-order valence-electron chi connectivity index (χ0n) is 61.8. The van der Waals surface area contributed by atoms with Gasteiger partial charge in [0.2, 0.25) is 0 Å². The van der Waals surface area contributed by atoms with E-state index in [2.05, 4.69) is 341 Å². The summed E-state index contributed by atoms with van der Waals surface area (Å²) in [6, 6.07) is 143. The van der Waals surface area contributed by atoms with E-state index in [1.54, 1.807) is 0 Å². The van der Waals surface area contributed by atoms with Crippen LogP contribution in [0.5, 0.6) is 0 Å². The van der Waals surface area contributed by atoms with Crippen molar-refractivity contribution in [2.75, 3.05) is 0 Å². The molecule has 6 heteroatoms. The molecule has 526 valence electrons. The minimum atomic E-state index is -0.348. The van der Waals surface area contributed by atoms with Crippen LogP contribution in [0.4, 0.5) is 0 Å². The lowest BCUT2D eigenvalue weighted by Gasteiger charge is -2.30. The largest absolute Gasteiger partial charge is 0.208 e. The average molecular weight is 1430 g/mol. The summed E-state index contributed by atoms with van der Waals surface area (Å²) in [7, 11) is 0. The van der Waals surface area contributed by atoms with Crippen LogP contribution >= 0.6 is 0 Å². The lowest BCUT2D eigenvalue weighted by atomic mass is 9.70. The van der Waals surface area contributed by atoms with Gasteiger partial charge in [0, 0.05) is 38.8 Å². The fourth-order valence-electron chi connectivity index (χ4n) is 17.1. The first kappa shape index (κ1) is 66.9. The molecular formula is C106H72N6. The second kappa shape index (κ2) is 28.0. The van der Waals surface area contributed by atoms with Crippen LogP contribution in [0, 0.1) is 0 Å². The summed E-state index contributed by atoms with van der Waals surface area (Å²) in [6.45, 7) is 4.67. The average Bonchev–Trinajstić information content (AvgIpc) is 1.51. The van der Waals surface area contributed by atoms with Crippen molar-refractivity contribution in [1.82, 2.24) is 29.9 Å². The summed E-state index contributed by atoms with van der Waals surface area (Å²) in [4.78, 5) is 29.8. The molecule has 0 amide bonds. The number of fused-ring (bicyclic) bond motifs is 13. The molecule has 0 saturated carbocycles. The first-order chi connectivity index (χ1) is 55.2. The number of hydrogen-bond acceptors (Lipinski definition) is 6. The van der Waals surface area contributed by atoms with E-state index in [1.807, 2.05) is 72.8 Å². The van der Waals surface area contributed by atoms with Crippen molar-refractivity contribution in [2.45, 2.75) is 24.7 Å². The molecule has 1 spiro atoms. The van der Waals surface area contributed by atoms with Crippen molar-refractivity contribution < 1.29 is 0 Å². The quantitative estimate of drug-likeness (QED) is 0.121. The molecule has 18 aromatic rings. The van der Waals surface area contributed by atoms with Gasteiger partial charge < -0.3 is 0 Å². The Bertz CT molecular complexity index is 6340. The van der Waals surface area contributed by atoms with E-state index in [-0.39, 0.29) is 10.8 Å². The molecule has 3 aliphatic rings. The smallest absolute Gasteiger partial charge is 0.164 e. The molecule has 0 N–H and O–H groups in total. The lowest BCUT2D eigenvalue weighted by molar-refractivity contribution is 0.660.